The van der Waals surface area contributed by atoms with Crippen LogP contribution < -0.4 is 0 Å². The van der Waals surface area contributed by atoms with Gasteiger partial charge in [-0.15, -0.1) is 0 Å². The lowest BCUT2D eigenvalue weighted by Gasteiger charge is -2.18. The average molecular weight is 1090 g/mol. The number of hydrogen-bond donors (Lipinski definition) is 0. The molecule has 0 rings (SSSR count). The molecular weight excluding hydrogens is 961 g/mol. The molecule has 0 aliphatic carbocycles. The van der Waals surface area contributed by atoms with Crippen molar-refractivity contribution in [2.75, 3.05) is 13.2 Å². The molecule has 0 saturated carbocycles. The van der Waals surface area contributed by atoms with Crippen molar-refractivity contribution in [2.24, 2.45) is 0 Å². The van der Waals surface area contributed by atoms with Gasteiger partial charge in [-0.1, -0.05) is 292 Å². The van der Waals surface area contributed by atoms with E-state index >= 15 is 0 Å². The van der Waals surface area contributed by atoms with Crippen molar-refractivity contribution < 1.29 is 28.6 Å². The highest BCUT2D eigenvalue weighted by Gasteiger charge is 2.19. The lowest BCUT2D eigenvalue weighted by atomic mass is 10.0. The summed E-state index contributed by atoms with van der Waals surface area (Å²) in [5.41, 5.74) is 0. The second-order valence-corrected chi connectivity index (χ2v) is 22.3. The summed E-state index contributed by atoms with van der Waals surface area (Å²) in [6.07, 6.45) is 87.6. The molecule has 0 aromatic carbocycles. The maximum atomic E-state index is 12.9. The number of hydrogen-bond acceptors (Lipinski definition) is 6. The minimum atomic E-state index is -0.810. The zero-order chi connectivity index (χ0) is 56.4. The van der Waals surface area contributed by atoms with Crippen molar-refractivity contribution in [3.05, 3.63) is 85.1 Å². The fraction of sp³-hybridized carbons (Fsp3) is 0.764. The summed E-state index contributed by atoms with van der Waals surface area (Å²) in [6, 6.07) is 0. The monoisotopic (exact) mass is 1090 g/mol. The van der Waals surface area contributed by atoms with Crippen LogP contribution in [0.5, 0.6) is 0 Å². The maximum absolute atomic E-state index is 12.9. The quantitative estimate of drug-likeness (QED) is 0.0261. The molecule has 0 heterocycles. The Morgan fingerprint density at radius 2 is 0.513 bits per heavy atom. The van der Waals surface area contributed by atoms with Crippen LogP contribution in [0.15, 0.2) is 85.1 Å². The molecule has 1 atom stereocenters. The highest BCUT2D eigenvalue weighted by molar-refractivity contribution is 5.71. The maximum Gasteiger partial charge on any atom is 0.306 e. The van der Waals surface area contributed by atoms with Gasteiger partial charge >= 0.3 is 17.9 Å². The number of carbonyl (C=O) groups excluding carboxylic acids is 3. The number of allylic oxidation sites excluding steroid dienone is 14. The van der Waals surface area contributed by atoms with Crippen LogP contribution in [0.2, 0.25) is 0 Å². The Bertz CT molecular complexity index is 1480. The van der Waals surface area contributed by atoms with Gasteiger partial charge in [0.05, 0.1) is 0 Å². The van der Waals surface area contributed by atoms with E-state index in [1.54, 1.807) is 0 Å². The summed E-state index contributed by atoms with van der Waals surface area (Å²) in [7, 11) is 0. The Hall–Kier alpha value is -3.41. The number of esters is 3. The zero-order valence-corrected chi connectivity index (χ0v) is 51.7. The molecule has 0 bridgehead atoms. The van der Waals surface area contributed by atoms with Crippen molar-refractivity contribution in [3.63, 3.8) is 0 Å². The van der Waals surface area contributed by atoms with E-state index in [4.69, 9.17) is 14.2 Å². The molecule has 0 aliphatic heterocycles. The molecule has 0 aliphatic rings. The normalized spacial score (nSPS) is 12.6. The van der Waals surface area contributed by atoms with Gasteiger partial charge in [0.15, 0.2) is 6.10 Å². The van der Waals surface area contributed by atoms with Gasteiger partial charge in [0.2, 0.25) is 0 Å². The van der Waals surface area contributed by atoms with Gasteiger partial charge in [0, 0.05) is 19.3 Å². The lowest BCUT2D eigenvalue weighted by molar-refractivity contribution is -0.167. The molecule has 0 aromatic rings. The fourth-order valence-corrected chi connectivity index (χ4v) is 9.59. The molecule has 0 amide bonds. The van der Waals surface area contributed by atoms with E-state index in [1.807, 2.05) is 0 Å². The van der Waals surface area contributed by atoms with Crippen molar-refractivity contribution in [1.29, 1.82) is 0 Å². The first-order valence-electron chi connectivity index (χ1n) is 33.6. The molecule has 0 radical (unpaired) electrons. The average Bonchev–Trinajstić information content (AvgIpc) is 3.44. The molecule has 0 saturated heterocycles. The number of ether oxygens (including phenoxy) is 3. The summed E-state index contributed by atoms with van der Waals surface area (Å²) in [5, 5.41) is 0. The van der Waals surface area contributed by atoms with Crippen molar-refractivity contribution in [1.82, 2.24) is 0 Å². The summed E-state index contributed by atoms with van der Waals surface area (Å²) >= 11 is 0. The van der Waals surface area contributed by atoms with Crippen molar-refractivity contribution >= 4 is 17.9 Å². The van der Waals surface area contributed by atoms with Crippen LogP contribution >= 0.6 is 0 Å². The molecule has 6 nitrogen and oxygen atoms in total. The summed E-state index contributed by atoms with van der Waals surface area (Å²) in [5.74, 6) is -0.954. The smallest absolute Gasteiger partial charge is 0.306 e. The first-order valence-corrected chi connectivity index (χ1v) is 33.6. The molecular formula is C72H126O6. The van der Waals surface area contributed by atoms with Gasteiger partial charge in [0.25, 0.3) is 0 Å². The molecule has 450 valence electrons. The highest BCUT2D eigenvalue weighted by Crippen LogP contribution is 2.17. The number of rotatable bonds is 61. The number of carbonyl (C=O) groups is 3. The second-order valence-electron chi connectivity index (χ2n) is 22.3. The van der Waals surface area contributed by atoms with Crippen LogP contribution in [0.25, 0.3) is 0 Å². The van der Waals surface area contributed by atoms with Gasteiger partial charge in [-0.05, 0) is 109 Å². The van der Waals surface area contributed by atoms with E-state index in [9.17, 15) is 14.4 Å². The van der Waals surface area contributed by atoms with Crippen molar-refractivity contribution in [2.45, 2.75) is 341 Å². The Morgan fingerprint density at radius 1 is 0.269 bits per heavy atom. The third-order valence-corrected chi connectivity index (χ3v) is 14.6. The van der Waals surface area contributed by atoms with Gasteiger partial charge in [-0.25, -0.2) is 0 Å². The predicted octanol–water partition coefficient (Wildman–Crippen LogP) is 23.1. The second kappa shape index (κ2) is 66.1. The minimum absolute atomic E-state index is 0.0995. The van der Waals surface area contributed by atoms with Crippen molar-refractivity contribution in [3.8, 4) is 0 Å². The van der Waals surface area contributed by atoms with Crippen LogP contribution in [-0.4, -0.2) is 37.2 Å². The first kappa shape index (κ1) is 74.6. The van der Waals surface area contributed by atoms with Gasteiger partial charge in [0.1, 0.15) is 13.2 Å². The standard InChI is InChI=1S/C72H126O6/c1-4-7-10-13-16-19-22-25-28-30-31-32-33-34-35-36-37-38-39-40-41-43-44-47-50-53-56-59-62-65-71(74)77-68-69(67-76-70(73)64-61-58-55-52-49-46-27-24-21-18-15-12-9-6-3)78-72(75)66-63-60-57-54-51-48-45-42-29-26-23-20-17-14-11-8-5-2/h8,11,17,20,24,26-27,29-31,45,48,54,57,69H,4-7,9-10,12-16,18-19,21-23,25,28,32-44,46-47,49-53,55-56,58-68H2,1-3H3/b11-8-,20-17-,27-24-,29-26-,31-30-,48-45-,57-54-. The van der Waals surface area contributed by atoms with Crippen LogP contribution in [0.3, 0.4) is 0 Å². The molecule has 0 N–H and O–H groups in total. The van der Waals surface area contributed by atoms with Crippen LogP contribution in [0.1, 0.15) is 335 Å². The van der Waals surface area contributed by atoms with Gasteiger partial charge in [-0.2, -0.15) is 0 Å². The third kappa shape index (κ3) is 63.4. The lowest BCUT2D eigenvalue weighted by Crippen LogP contribution is -2.30. The molecule has 1 unspecified atom stereocenters. The molecule has 0 aromatic heterocycles. The number of unbranched alkanes of at least 4 members (excludes halogenated alkanes) is 36. The largest absolute Gasteiger partial charge is 0.462 e. The molecule has 0 spiro atoms. The van der Waals surface area contributed by atoms with E-state index in [2.05, 4.69) is 106 Å². The zero-order valence-electron chi connectivity index (χ0n) is 51.7. The van der Waals surface area contributed by atoms with E-state index in [0.717, 1.165) is 83.5 Å². The first-order chi connectivity index (χ1) is 38.5. The van der Waals surface area contributed by atoms with Crippen LogP contribution in [0, 0.1) is 0 Å². The minimum Gasteiger partial charge on any atom is -0.462 e. The highest BCUT2D eigenvalue weighted by atomic mass is 16.6. The van der Waals surface area contributed by atoms with Crippen LogP contribution in [0.4, 0.5) is 0 Å². The molecule has 6 heteroatoms. The third-order valence-electron chi connectivity index (χ3n) is 14.6. The summed E-state index contributed by atoms with van der Waals surface area (Å²) in [4.78, 5) is 38.3. The van der Waals surface area contributed by atoms with E-state index < -0.39 is 6.10 Å². The Morgan fingerprint density at radius 3 is 0.833 bits per heavy atom. The molecule has 0 fully saturated rings. The van der Waals surface area contributed by atoms with E-state index in [-0.39, 0.29) is 37.5 Å². The fourth-order valence-electron chi connectivity index (χ4n) is 9.59. The topological polar surface area (TPSA) is 78.9 Å². The summed E-state index contributed by atoms with van der Waals surface area (Å²) in [6.45, 7) is 6.50. The molecule has 78 heavy (non-hydrogen) atoms. The Balaban J connectivity index is 4.27. The van der Waals surface area contributed by atoms with Crippen LogP contribution in [-0.2, 0) is 28.6 Å². The van der Waals surface area contributed by atoms with Gasteiger partial charge < -0.3 is 14.2 Å². The summed E-state index contributed by atoms with van der Waals surface area (Å²) < 4.78 is 16.9. The van der Waals surface area contributed by atoms with E-state index in [0.29, 0.717) is 19.3 Å². The van der Waals surface area contributed by atoms with Gasteiger partial charge in [-0.3, -0.25) is 14.4 Å². The Labute approximate surface area is 484 Å². The van der Waals surface area contributed by atoms with E-state index in [1.165, 1.54) is 205 Å². The Kier molecular flexibility index (Phi) is 63.2. The SMILES string of the molecule is CC/C=C\C/C=C\C/C=C\C/C=C\C/C=C\CCCC(=O)OC(COC(=O)CCCCCCC/C=C\CCCCCCC)COC(=O)CCCCCCCCCCCCCCCCCCC/C=C\CCCCCCCCCC. The predicted molar refractivity (Wildman–Crippen MR) is 339 cm³/mol.